The van der Waals surface area contributed by atoms with Crippen LogP contribution in [0.1, 0.15) is 12.6 Å². The minimum Gasteiger partial charge on any atom is -0.368 e. The number of hydrogen-bond acceptors (Lipinski definition) is 6. The van der Waals surface area contributed by atoms with Gasteiger partial charge in [-0.1, -0.05) is 6.07 Å². The highest BCUT2D eigenvalue weighted by Crippen LogP contribution is 2.19. The molecule has 2 heterocycles. The molecule has 0 aliphatic heterocycles. The maximum atomic E-state index is 11.0. The molecule has 0 fully saturated rings. The van der Waals surface area contributed by atoms with Crippen molar-refractivity contribution in [1.82, 2.24) is 19.7 Å². The van der Waals surface area contributed by atoms with Crippen LogP contribution in [0.2, 0.25) is 0 Å². The van der Waals surface area contributed by atoms with E-state index in [9.17, 15) is 4.79 Å². The van der Waals surface area contributed by atoms with Gasteiger partial charge in [-0.2, -0.15) is 9.67 Å². The number of pyridine rings is 1. The summed E-state index contributed by atoms with van der Waals surface area (Å²) in [5.41, 5.74) is 8.28. The third-order valence-electron chi connectivity index (χ3n) is 3.18. The van der Waals surface area contributed by atoms with Crippen LogP contribution >= 0.6 is 0 Å². The maximum absolute atomic E-state index is 11.0. The predicted molar refractivity (Wildman–Crippen MR) is 92.3 cm³/mol. The van der Waals surface area contributed by atoms with Gasteiger partial charge in [-0.3, -0.25) is 4.79 Å². The first-order valence-electron chi connectivity index (χ1n) is 7.32. The SMILES string of the molecule is CC(=O)Nc1ccc(Nc2nc(N)n(-c3cccc(C)n3)n2)cc1. The molecule has 0 saturated carbocycles. The highest BCUT2D eigenvalue weighted by atomic mass is 16.1. The molecular weight excluding hydrogens is 306 g/mol. The first-order valence-corrected chi connectivity index (χ1v) is 7.32. The van der Waals surface area contributed by atoms with Crippen LogP contribution in [0.25, 0.3) is 5.82 Å². The lowest BCUT2D eigenvalue weighted by Gasteiger charge is -2.05. The molecule has 8 heteroatoms. The number of hydrogen-bond donors (Lipinski definition) is 3. The molecule has 2 aromatic heterocycles. The number of aromatic nitrogens is 4. The van der Waals surface area contributed by atoms with E-state index in [1.54, 1.807) is 12.1 Å². The van der Waals surface area contributed by atoms with Crippen molar-refractivity contribution in [2.24, 2.45) is 0 Å². The van der Waals surface area contributed by atoms with Gasteiger partial charge < -0.3 is 16.4 Å². The number of carbonyl (C=O) groups is 1. The second-order valence-corrected chi connectivity index (χ2v) is 5.23. The van der Waals surface area contributed by atoms with E-state index >= 15 is 0 Å². The van der Waals surface area contributed by atoms with Crippen LogP contribution in [0.3, 0.4) is 0 Å². The average Bonchev–Trinajstić information content (AvgIpc) is 2.89. The van der Waals surface area contributed by atoms with Crippen LogP contribution in [0.4, 0.5) is 23.3 Å². The number of rotatable bonds is 4. The molecule has 0 atom stereocenters. The lowest BCUT2D eigenvalue weighted by atomic mass is 10.3. The molecule has 122 valence electrons. The largest absolute Gasteiger partial charge is 0.368 e. The minimum atomic E-state index is -0.116. The predicted octanol–water partition coefficient (Wildman–Crippen LogP) is 2.25. The van der Waals surface area contributed by atoms with E-state index in [0.29, 0.717) is 11.8 Å². The van der Waals surface area contributed by atoms with Crippen molar-refractivity contribution in [3.8, 4) is 5.82 Å². The van der Waals surface area contributed by atoms with Gasteiger partial charge in [0.25, 0.3) is 0 Å². The molecule has 0 aliphatic rings. The Morgan fingerprint density at radius 2 is 1.79 bits per heavy atom. The summed E-state index contributed by atoms with van der Waals surface area (Å²) in [6, 6.07) is 12.8. The van der Waals surface area contributed by atoms with E-state index < -0.39 is 0 Å². The van der Waals surface area contributed by atoms with Crippen molar-refractivity contribution >= 4 is 29.2 Å². The van der Waals surface area contributed by atoms with Gasteiger partial charge in [0.15, 0.2) is 5.82 Å². The number of anilines is 4. The Kier molecular flexibility index (Phi) is 4.11. The van der Waals surface area contributed by atoms with Gasteiger partial charge >= 0.3 is 0 Å². The maximum Gasteiger partial charge on any atom is 0.248 e. The second kappa shape index (κ2) is 6.37. The Labute approximate surface area is 138 Å². The van der Waals surface area contributed by atoms with Crippen molar-refractivity contribution in [3.63, 3.8) is 0 Å². The van der Waals surface area contributed by atoms with Crippen molar-refractivity contribution in [2.75, 3.05) is 16.4 Å². The van der Waals surface area contributed by atoms with E-state index in [4.69, 9.17) is 5.73 Å². The molecule has 3 aromatic rings. The van der Waals surface area contributed by atoms with Crippen molar-refractivity contribution in [1.29, 1.82) is 0 Å². The Bertz CT molecular complexity index is 870. The molecule has 1 aromatic carbocycles. The van der Waals surface area contributed by atoms with Gasteiger partial charge in [0, 0.05) is 24.0 Å². The van der Waals surface area contributed by atoms with Crippen LogP contribution in [-0.4, -0.2) is 25.7 Å². The molecule has 24 heavy (non-hydrogen) atoms. The van der Waals surface area contributed by atoms with Crippen molar-refractivity contribution in [3.05, 3.63) is 48.2 Å². The fourth-order valence-corrected chi connectivity index (χ4v) is 2.16. The quantitative estimate of drug-likeness (QED) is 0.679. The summed E-state index contributed by atoms with van der Waals surface area (Å²) in [7, 11) is 0. The standard InChI is InChI=1S/C16H17N7O/c1-10-4-3-5-14(18-10)23-15(17)21-16(22-23)20-13-8-6-12(7-9-13)19-11(2)24/h3-9H,1-2H3,(H,19,24)(H3,17,20,21,22). The Morgan fingerprint density at radius 1 is 1.08 bits per heavy atom. The fourth-order valence-electron chi connectivity index (χ4n) is 2.16. The number of nitrogen functional groups attached to an aromatic ring is 1. The summed E-state index contributed by atoms with van der Waals surface area (Å²) in [5, 5.41) is 10.1. The summed E-state index contributed by atoms with van der Waals surface area (Å²) in [6.07, 6.45) is 0. The first-order chi connectivity index (χ1) is 11.5. The Hall–Kier alpha value is -3.42. The zero-order valence-corrected chi connectivity index (χ0v) is 13.3. The van der Waals surface area contributed by atoms with Crippen molar-refractivity contribution in [2.45, 2.75) is 13.8 Å². The Balaban J connectivity index is 1.79. The van der Waals surface area contributed by atoms with Crippen LogP contribution in [0.15, 0.2) is 42.5 Å². The molecule has 0 unspecified atom stereocenters. The number of nitrogens with one attached hydrogen (secondary N) is 2. The normalized spacial score (nSPS) is 10.4. The van der Waals surface area contributed by atoms with E-state index in [2.05, 4.69) is 25.7 Å². The van der Waals surface area contributed by atoms with Crippen LogP contribution < -0.4 is 16.4 Å². The lowest BCUT2D eigenvalue weighted by Crippen LogP contribution is -2.05. The number of nitrogens with two attached hydrogens (primary N) is 1. The monoisotopic (exact) mass is 323 g/mol. The van der Waals surface area contributed by atoms with E-state index in [0.717, 1.165) is 17.1 Å². The van der Waals surface area contributed by atoms with Crippen LogP contribution in [0.5, 0.6) is 0 Å². The van der Waals surface area contributed by atoms with Gasteiger partial charge in [-0.15, -0.1) is 5.10 Å². The molecule has 0 radical (unpaired) electrons. The van der Waals surface area contributed by atoms with Crippen molar-refractivity contribution < 1.29 is 4.79 Å². The zero-order valence-electron chi connectivity index (χ0n) is 13.3. The summed E-state index contributed by atoms with van der Waals surface area (Å²) in [5.74, 6) is 1.09. The summed E-state index contributed by atoms with van der Waals surface area (Å²) >= 11 is 0. The van der Waals surface area contributed by atoms with Gasteiger partial charge in [0.05, 0.1) is 0 Å². The van der Waals surface area contributed by atoms with Gasteiger partial charge in [-0.05, 0) is 43.3 Å². The molecule has 0 spiro atoms. The van der Waals surface area contributed by atoms with E-state index in [1.165, 1.54) is 11.6 Å². The number of aryl methyl sites for hydroxylation is 1. The summed E-state index contributed by atoms with van der Waals surface area (Å²) in [4.78, 5) is 19.6. The minimum absolute atomic E-state index is 0.116. The third kappa shape index (κ3) is 3.49. The molecule has 8 nitrogen and oxygen atoms in total. The highest BCUT2D eigenvalue weighted by molar-refractivity contribution is 5.88. The second-order valence-electron chi connectivity index (χ2n) is 5.23. The number of carbonyl (C=O) groups excluding carboxylic acids is 1. The molecule has 1 amide bonds. The number of benzene rings is 1. The topological polar surface area (TPSA) is 111 Å². The first kappa shape index (κ1) is 15.5. The fraction of sp³-hybridized carbons (Fsp3) is 0.125. The molecule has 4 N–H and O–H groups in total. The summed E-state index contributed by atoms with van der Waals surface area (Å²) in [6.45, 7) is 3.36. The number of nitrogens with zero attached hydrogens (tertiary/aromatic N) is 4. The third-order valence-corrected chi connectivity index (χ3v) is 3.18. The molecular formula is C16H17N7O. The van der Waals surface area contributed by atoms with Gasteiger partial charge in [-0.25, -0.2) is 4.98 Å². The average molecular weight is 323 g/mol. The van der Waals surface area contributed by atoms with E-state index in [1.807, 2.05) is 37.3 Å². The Morgan fingerprint density at radius 3 is 2.46 bits per heavy atom. The van der Waals surface area contributed by atoms with Crippen LogP contribution in [-0.2, 0) is 4.79 Å². The van der Waals surface area contributed by atoms with Crippen LogP contribution in [0, 0.1) is 6.92 Å². The zero-order chi connectivity index (χ0) is 17.1. The summed E-state index contributed by atoms with van der Waals surface area (Å²) < 4.78 is 1.47. The smallest absolute Gasteiger partial charge is 0.248 e. The molecule has 0 aliphatic carbocycles. The van der Waals surface area contributed by atoms with Gasteiger partial charge in [0.2, 0.25) is 17.8 Å². The van der Waals surface area contributed by atoms with E-state index in [-0.39, 0.29) is 11.9 Å². The number of amides is 1. The van der Waals surface area contributed by atoms with Gasteiger partial charge in [0.1, 0.15) is 0 Å². The highest BCUT2D eigenvalue weighted by Gasteiger charge is 2.10. The lowest BCUT2D eigenvalue weighted by molar-refractivity contribution is -0.114. The molecule has 3 rings (SSSR count). The molecule has 0 saturated heterocycles. The molecule has 0 bridgehead atoms.